The van der Waals surface area contributed by atoms with Gasteiger partial charge in [-0.15, -0.1) is 11.3 Å². The Morgan fingerprint density at radius 3 is 3.00 bits per heavy atom. The van der Waals surface area contributed by atoms with E-state index in [1.807, 2.05) is 0 Å². The van der Waals surface area contributed by atoms with Crippen LogP contribution in [0.5, 0.6) is 0 Å². The molecular weight excluding hydrogens is 373 g/mol. The Kier molecular flexibility index (Phi) is 3.88. The van der Waals surface area contributed by atoms with Gasteiger partial charge in [-0.2, -0.15) is 5.10 Å². The monoisotopic (exact) mass is 383 g/mol. The van der Waals surface area contributed by atoms with Gasteiger partial charge >= 0.3 is 5.97 Å². The molecule has 0 fully saturated rings. The van der Waals surface area contributed by atoms with E-state index in [1.54, 1.807) is 30.1 Å². The van der Waals surface area contributed by atoms with Crippen molar-refractivity contribution in [3.63, 3.8) is 0 Å². The SMILES string of the molecule is Cn1cc2cc(NCc3cc(Br)sc3C(=O)O)cc(F)c2n1. The zero-order chi connectivity index (χ0) is 15.9. The molecule has 2 N–H and O–H groups in total. The number of thiophene rings is 1. The van der Waals surface area contributed by atoms with Gasteiger partial charge in [-0.05, 0) is 39.7 Å². The molecule has 0 amide bonds. The minimum absolute atomic E-state index is 0.266. The van der Waals surface area contributed by atoms with E-state index in [4.69, 9.17) is 5.11 Å². The molecule has 0 atom stereocenters. The molecule has 2 aromatic heterocycles. The zero-order valence-corrected chi connectivity index (χ0v) is 13.8. The molecule has 0 aliphatic rings. The minimum Gasteiger partial charge on any atom is -0.477 e. The molecule has 0 radical (unpaired) electrons. The largest absolute Gasteiger partial charge is 0.477 e. The van der Waals surface area contributed by atoms with Crippen LogP contribution in [0, 0.1) is 5.82 Å². The van der Waals surface area contributed by atoms with Gasteiger partial charge in [-0.1, -0.05) is 0 Å². The highest BCUT2D eigenvalue weighted by atomic mass is 79.9. The zero-order valence-electron chi connectivity index (χ0n) is 11.4. The lowest BCUT2D eigenvalue weighted by atomic mass is 10.2. The quantitative estimate of drug-likeness (QED) is 0.717. The third kappa shape index (κ3) is 2.84. The van der Waals surface area contributed by atoms with Crippen LogP contribution < -0.4 is 5.32 Å². The molecule has 0 aliphatic carbocycles. The van der Waals surface area contributed by atoms with Crippen molar-refractivity contribution in [1.82, 2.24) is 9.78 Å². The van der Waals surface area contributed by atoms with E-state index >= 15 is 0 Å². The molecule has 8 heteroatoms. The predicted octanol–water partition coefficient (Wildman–Crippen LogP) is 3.85. The van der Waals surface area contributed by atoms with Crippen LogP contribution in [0.2, 0.25) is 0 Å². The van der Waals surface area contributed by atoms with Crippen molar-refractivity contribution < 1.29 is 14.3 Å². The summed E-state index contributed by atoms with van der Waals surface area (Å²) in [6.07, 6.45) is 1.73. The van der Waals surface area contributed by atoms with Crippen molar-refractivity contribution in [3.05, 3.63) is 44.4 Å². The summed E-state index contributed by atoms with van der Waals surface area (Å²) in [6.45, 7) is 0.301. The second-order valence-electron chi connectivity index (χ2n) is 4.76. The summed E-state index contributed by atoms with van der Waals surface area (Å²) in [5.41, 5.74) is 1.55. The molecular formula is C14H11BrFN3O2S. The Balaban J connectivity index is 1.86. The maximum atomic E-state index is 14.0. The Labute approximate surface area is 137 Å². The van der Waals surface area contributed by atoms with Crippen LogP contribution >= 0.6 is 27.3 Å². The van der Waals surface area contributed by atoms with E-state index in [0.29, 0.717) is 28.7 Å². The Morgan fingerprint density at radius 1 is 1.50 bits per heavy atom. The topological polar surface area (TPSA) is 67.2 Å². The number of aromatic nitrogens is 2. The fourth-order valence-corrected chi connectivity index (χ4v) is 3.73. The van der Waals surface area contributed by atoms with Crippen LogP contribution in [0.25, 0.3) is 10.9 Å². The lowest BCUT2D eigenvalue weighted by Crippen LogP contribution is -2.04. The van der Waals surface area contributed by atoms with Crippen molar-refractivity contribution >= 4 is 49.8 Å². The number of hydrogen-bond acceptors (Lipinski definition) is 4. The van der Waals surface area contributed by atoms with Crippen LogP contribution in [0.3, 0.4) is 0 Å². The molecule has 0 saturated carbocycles. The number of hydrogen-bond donors (Lipinski definition) is 2. The number of carboxylic acid groups (broad SMARTS) is 1. The second-order valence-corrected chi connectivity index (χ2v) is 7.19. The highest BCUT2D eigenvalue weighted by Gasteiger charge is 2.14. The van der Waals surface area contributed by atoms with Crippen molar-refractivity contribution in [2.75, 3.05) is 5.32 Å². The normalized spacial score (nSPS) is 11.0. The Hall–Kier alpha value is -1.93. The smallest absolute Gasteiger partial charge is 0.346 e. The fraction of sp³-hybridized carbons (Fsp3) is 0.143. The van der Waals surface area contributed by atoms with Crippen molar-refractivity contribution in [2.45, 2.75) is 6.54 Å². The van der Waals surface area contributed by atoms with E-state index in [1.165, 1.54) is 6.07 Å². The van der Waals surface area contributed by atoms with Gasteiger partial charge in [0, 0.05) is 30.9 Å². The third-order valence-electron chi connectivity index (χ3n) is 3.13. The maximum Gasteiger partial charge on any atom is 0.346 e. The molecule has 2 heterocycles. The summed E-state index contributed by atoms with van der Waals surface area (Å²) in [5.74, 6) is -1.38. The van der Waals surface area contributed by atoms with Crippen LogP contribution in [0.15, 0.2) is 28.2 Å². The van der Waals surface area contributed by atoms with Crippen LogP contribution in [-0.4, -0.2) is 20.9 Å². The van der Waals surface area contributed by atoms with E-state index in [2.05, 4.69) is 26.3 Å². The summed E-state index contributed by atoms with van der Waals surface area (Å²) in [5, 5.41) is 16.9. The number of anilines is 1. The number of benzene rings is 1. The summed E-state index contributed by atoms with van der Waals surface area (Å²) in [7, 11) is 1.73. The van der Waals surface area contributed by atoms with Gasteiger partial charge in [0.05, 0.1) is 3.79 Å². The van der Waals surface area contributed by atoms with Gasteiger partial charge in [0.1, 0.15) is 10.4 Å². The van der Waals surface area contributed by atoms with Crippen molar-refractivity contribution in [2.24, 2.45) is 7.05 Å². The van der Waals surface area contributed by atoms with Gasteiger partial charge in [0.15, 0.2) is 5.82 Å². The molecule has 0 saturated heterocycles. The summed E-state index contributed by atoms with van der Waals surface area (Å²) in [6, 6.07) is 4.89. The molecule has 22 heavy (non-hydrogen) atoms. The van der Waals surface area contributed by atoms with E-state index < -0.39 is 11.8 Å². The number of aromatic carboxylic acids is 1. The first-order valence-electron chi connectivity index (χ1n) is 6.32. The molecule has 114 valence electrons. The van der Waals surface area contributed by atoms with Crippen LogP contribution in [0.4, 0.5) is 10.1 Å². The Morgan fingerprint density at radius 2 is 2.27 bits per heavy atom. The average molecular weight is 384 g/mol. The van der Waals surface area contributed by atoms with Gasteiger partial charge < -0.3 is 10.4 Å². The van der Waals surface area contributed by atoms with Gasteiger partial charge in [-0.3, -0.25) is 4.68 Å². The van der Waals surface area contributed by atoms with Gasteiger partial charge in [0.2, 0.25) is 0 Å². The van der Waals surface area contributed by atoms with Gasteiger partial charge in [-0.25, -0.2) is 9.18 Å². The molecule has 0 bridgehead atoms. The summed E-state index contributed by atoms with van der Waals surface area (Å²) >= 11 is 4.44. The first-order chi connectivity index (χ1) is 10.4. The lowest BCUT2D eigenvalue weighted by Gasteiger charge is -2.06. The van der Waals surface area contributed by atoms with Gasteiger partial charge in [0.25, 0.3) is 0 Å². The number of aryl methyl sites for hydroxylation is 1. The predicted molar refractivity (Wildman–Crippen MR) is 87.0 cm³/mol. The van der Waals surface area contributed by atoms with E-state index in [-0.39, 0.29) is 4.88 Å². The van der Waals surface area contributed by atoms with Crippen molar-refractivity contribution in [1.29, 1.82) is 0 Å². The average Bonchev–Trinajstić information content (AvgIpc) is 2.99. The maximum absolute atomic E-state index is 14.0. The van der Waals surface area contributed by atoms with E-state index in [0.717, 1.165) is 15.1 Å². The highest BCUT2D eigenvalue weighted by Crippen LogP contribution is 2.28. The fourth-order valence-electron chi connectivity index (χ4n) is 2.22. The van der Waals surface area contributed by atoms with Crippen LogP contribution in [0.1, 0.15) is 15.2 Å². The number of halogens is 2. The number of nitrogens with one attached hydrogen (secondary N) is 1. The number of nitrogens with zero attached hydrogens (tertiary/aromatic N) is 2. The molecule has 1 aromatic carbocycles. The molecule has 3 rings (SSSR count). The first kappa shape index (κ1) is 15.0. The summed E-state index contributed by atoms with van der Waals surface area (Å²) < 4.78 is 16.3. The van der Waals surface area contributed by atoms with Crippen LogP contribution in [-0.2, 0) is 13.6 Å². The third-order valence-corrected chi connectivity index (χ3v) is 4.80. The van der Waals surface area contributed by atoms with E-state index in [9.17, 15) is 9.18 Å². The number of carbonyl (C=O) groups is 1. The number of fused-ring (bicyclic) bond motifs is 1. The standard InChI is InChI=1S/C14H11BrFN3O2S/c1-19-6-8-2-9(4-10(16)12(8)18-19)17-5-7-3-11(15)22-13(7)14(20)21/h2-4,6,17H,5H2,1H3,(H,20,21). The molecule has 0 aliphatic heterocycles. The molecule has 5 nitrogen and oxygen atoms in total. The lowest BCUT2D eigenvalue weighted by molar-refractivity contribution is 0.0701. The number of carboxylic acids is 1. The summed E-state index contributed by atoms with van der Waals surface area (Å²) in [4.78, 5) is 11.4. The van der Waals surface area contributed by atoms with Crippen molar-refractivity contribution in [3.8, 4) is 0 Å². The highest BCUT2D eigenvalue weighted by molar-refractivity contribution is 9.11. The minimum atomic E-state index is -0.971. The molecule has 0 unspecified atom stereocenters. The Bertz CT molecular complexity index is 874. The second kappa shape index (κ2) is 5.69. The first-order valence-corrected chi connectivity index (χ1v) is 7.93. The molecule has 3 aromatic rings. The molecule has 0 spiro atoms. The number of rotatable bonds is 4.